The zero-order valence-corrected chi connectivity index (χ0v) is 11.3. The van der Waals surface area contributed by atoms with Gasteiger partial charge in [-0.1, -0.05) is 19.8 Å². The van der Waals surface area contributed by atoms with Gasteiger partial charge in [-0.3, -0.25) is 0 Å². The molecule has 2 unspecified atom stereocenters. The van der Waals surface area contributed by atoms with Crippen LogP contribution >= 0.6 is 11.3 Å². The van der Waals surface area contributed by atoms with E-state index in [2.05, 4.69) is 22.6 Å². The second-order valence-electron chi connectivity index (χ2n) is 4.83. The van der Waals surface area contributed by atoms with Crippen LogP contribution in [-0.2, 0) is 13.0 Å². The number of aryl methyl sites for hydroxylation is 1. The largest absolute Gasteiger partial charge is 0.393 e. The molecule has 3 nitrogen and oxygen atoms in total. The minimum atomic E-state index is -0.0992. The summed E-state index contributed by atoms with van der Waals surface area (Å²) in [4.78, 5) is 4.52. The van der Waals surface area contributed by atoms with Crippen molar-refractivity contribution in [2.45, 2.75) is 51.7 Å². The number of nitrogens with zero attached hydrogens (tertiary/aromatic N) is 1. The summed E-state index contributed by atoms with van der Waals surface area (Å²) in [6.07, 6.45) is 5.50. The Bertz CT molecular complexity index is 340. The predicted molar refractivity (Wildman–Crippen MR) is 71.2 cm³/mol. The van der Waals surface area contributed by atoms with Gasteiger partial charge in [-0.15, -0.1) is 11.3 Å². The minimum absolute atomic E-state index is 0.0992. The Morgan fingerprint density at radius 1 is 1.47 bits per heavy atom. The lowest BCUT2D eigenvalue weighted by Crippen LogP contribution is -2.33. The third-order valence-electron chi connectivity index (χ3n) is 3.48. The summed E-state index contributed by atoms with van der Waals surface area (Å²) < 4.78 is 0. The van der Waals surface area contributed by atoms with Crippen LogP contribution in [0, 0.1) is 5.92 Å². The van der Waals surface area contributed by atoms with Gasteiger partial charge in [0, 0.05) is 18.5 Å². The first-order chi connectivity index (χ1) is 8.29. The first-order valence-corrected chi connectivity index (χ1v) is 7.49. The molecule has 1 aliphatic carbocycles. The number of rotatable bonds is 5. The summed E-state index contributed by atoms with van der Waals surface area (Å²) >= 11 is 1.74. The average Bonchev–Trinajstić information content (AvgIpc) is 2.80. The van der Waals surface area contributed by atoms with Gasteiger partial charge in [-0.2, -0.15) is 0 Å². The molecule has 0 radical (unpaired) electrons. The molecule has 1 aromatic rings. The predicted octanol–water partition coefficient (Wildman–Crippen LogP) is 2.35. The van der Waals surface area contributed by atoms with Crippen LogP contribution in [0.1, 0.15) is 43.3 Å². The quantitative estimate of drug-likeness (QED) is 0.848. The summed E-state index contributed by atoms with van der Waals surface area (Å²) in [5.74, 6) is 0.438. The maximum Gasteiger partial charge on any atom is 0.0926 e. The number of hydrogen-bond donors (Lipinski definition) is 2. The first kappa shape index (κ1) is 13.0. The van der Waals surface area contributed by atoms with Gasteiger partial charge in [-0.05, 0) is 25.2 Å². The molecule has 1 saturated carbocycles. The maximum absolute atomic E-state index is 9.85. The van der Waals surface area contributed by atoms with Crippen LogP contribution in [0.15, 0.2) is 5.38 Å². The molecular weight excluding hydrogens is 232 g/mol. The zero-order chi connectivity index (χ0) is 12.1. The Labute approximate surface area is 107 Å². The fraction of sp³-hybridized carbons (Fsp3) is 0.769. The molecule has 17 heavy (non-hydrogen) atoms. The Kier molecular flexibility index (Phi) is 4.95. The molecule has 1 heterocycles. The van der Waals surface area contributed by atoms with E-state index in [0.29, 0.717) is 5.92 Å². The van der Waals surface area contributed by atoms with Crippen LogP contribution in [0.4, 0.5) is 0 Å². The van der Waals surface area contributed by atoms with Crippen LogP contribution in [0.2, 0.25) is 0 Å². The highest BCUT2D eigenvalue weighted by molar-refractivity contribution is 7.09. The highest BCUT2D eigenvalue weighted by atomic mass is 32.1. The Morgan fingerprint density at radius 3 is 3.00 bits per heavy atom. The molecule has 2 rings (SSSR count). The van der Waals surface area contributed by atoms with E-state index in [1.165, 1.54) is 17.8 Å². The molecule has 0 aliphatic heterocycles. The Balaban J connectivity index is 1.71. The van der Waals surface area contributed by atoms with Crippen molar-refractivity contribution in [2.24, 2.45) is 5.92 Å². The third kappa shape index (κ3) is 3.76. The van der Waals surface area contributed by atoms with Gasteiger partial charge in [0.2, 0.25) is 0 Å². The number of nitrogens with one attached hydrogen (secondary N) is 1. The third-order valence-corrected chi connectivity index (χ3v) is 4.53. The number of hydrogen-bond acceptors (Lipinski definition) is 4. The highest BCUT2D eigenvalue weighted by Gasteiger charge is 2.22. The van der Waals surface area contributed by atoms with Crippen molar-refractivity contribution in [1.82, 2.24) is 10.3 Å². The zero-order valence-electron chi connectivity index (χ0n) is 10.5. The van der Waals surface area contributed by atoms with E-state index in [1.807, 2.05) is 0 Å². The van der Waals surface area contributed by atoms with E-state index in [0.717, 1.165) is 38.0 Å². The summed E-state index contributed by atoms with van der Waals surface area (Å²) in [6.45, 7) is 3.88. The van der Waals surface area contributed by atoms with E-state index in [1.54, 1.807) is 11.3 Å². The topological polar surface area (TPSA) is 45.2 Å². The molecule has 1 aromatic heterocycles. The van der Waals surface area contributed by atoms with Crippen molar-refractivity contribution < 1.29 is 5.11 Å². The second kappa shape index (κ2) is 6.47. The average molecular weight is 254 g/mol. The fourth-order valence-electron chi connectivity index (χ4n) is 2.40. The van der Waals surface area contributed by atoms with Crippen LogP contribution in [0.25, 0.3) is 0 Å². The van der Waals surface area contributed by atoms with Gasteiger partial charge in [0.1, 0.15) is 0 Å². The lowest BCUT2D eigenvalue weighted by molar-refractivity contribution is 0.0694. The number of aromatic nitrogens is 1. The molecule has 96 valence electrons. The van der Waals surface area contributed by atoms with E-state index >= 15 is 0 Å². The summed E-state index contributed by atoms with van der Waals surface area (Å²) in [7, 11) is 0. The number of aliphatic hydroxyl groups excluding tert-OH is 1. The Hall–Kier alpha value is -0.450. The van der Waals surface area contributed by atoms with Crippen molar-refractivity contribution >= 4 is 11.3 Å². The van der Waals surface area contributed by atoms with Crippen molar-refractivity contribution in [3.8, 4) is 0 Å². The molecule has 0 aromatic carbocycles. The van der Waals surface area contributed by atoms with Crippen LogP contribution in [0.3, 0.4) is 0 Å². The molecule has 0 amide bonds. The smallest absolute Gasteiger partial charge is 0.0926 e. The van der Waals surface area contributed by atoms with Gasteiger partial charge in [0.15, 0.2) is 0 Å². The molecule has 0 saturated heterocycles. The molecular formula is C13H22N2OS. The van der Waals surface area contributed by atoms with Gasteiger partial charge < -0.3 is 10.4 Å². The van der Waals surface area contributed by atoms with E-state index < -0.39 is 0 Å². The lowest BCUT2D eigenvalue weighted by atomic mass is 9.86. The lowest BCUT2D eigenvalue weighted by Gasteiger charge is -2.27. The number of thiazole rings is 1. The molecule has 1 fully saturated rings. The fourth-order valence-corrected chi connectivity index (χ4v) is 3.15. The van der Waals surface area contributed by atoms with E-state index in [4.69, 9.17) is 0 Å². The van der Waals surface area contributed by atoms with Gasteiger partial charge in [0.05, 0.1) is 16.8 Å². The monoisotopic (exact) mass is 254 g/mol. The van der Waals surface area contributed by atoms with Crippen LogP contribution in [-0.4, -0.2) is 22.7 Å². The van der Waals surface area contributed by atoms with Gasteiger partial charge >= 0.3 is 0 Å². The Morgan fingerprint density at radius 2 is 2.29 bits per heavy atom. The molecule has 0 spiro atoms. The van der Waals surface area contributed by atoms with E-state index in [-0.39, 0.29) is 6.10 Å². The summed E-state index contributed by atoms with van der Waals surface area (Å²) in [5, 5.41) is 16.6. The maximum atomic E-state index is 9.85. The highest BCUT2D eigenvalue weighted by Crippen LogP contribution is 2.23. The summed E-state index contributed by atoms with van der Waals surface area (Å²) in [5.41, 5.74) is 1.14. The minimum Gasteiger partial charge on any atom is -0.393 e. The SMILES string of the molecule is CCc1nc(CNCC2CCCCC2O)cs1. The van der Waals surface area contributed by atoms with Gasteiger partial charge in [0.25, 0.3) is 0 Å². The van der Waals surface area contributed by atoms with E-state index in [9.17, 15) is 5.11 Å². The van der Waals surface area contributed by atoms with Crippen LogP contribution < -0.4 is 5.32 Å². The van der Waals surface area contributed by atoms with Crippen molar-refractivity contribution in [2.75, 3.05) is 6.54 Å². The van der Waals surface area contributed by atoms with Crippen molar-refractivity contribution in [3.05, 3.63) is 16.1 Å². The molecule has 2 N–H and O–H groups in total. The summed E-state index contributed by atoms with van der Waals surface area (Å²) in [6, 6.07) is 0. The molecule has 2 atom stereocenters. The number of aliphatic hydroxyl groups is 1. The standard InChI is InChI=1S/C13H22N2OS/c1-2-13-15-11(9-17-13)8-14-7-10-5-3-4-6-12(10)16/h9-10,12,14,16H,2-8H2,1H3. The van der Waals surface area contributed by atoms with Crippen molar-refractivity contribution in [3.63, 3.8) is 0 Å². The van der Waals surface area contributed by atoms with Crippen LogP contribution in [0.5, 0.6) is 0 Å². The first-order valence-electron chi connectivity index (χ1n) is 6.61. The van der Waals surface area contributed by atoms with Gasteiger partial charge in [-0.25, -0.2) is 4.98 Å². The van der Waals surface area contributed by atoms with Crippen molar-refractivity contribution in [1.29, 1.82) is 0 Å². The molecule has 4 heteroatoms. The second-order valence-corrected chi connectivity index (χ2v) is 5.77. The normalized spacial score (nSPS) is 25.1. The molecule has 0 bridgehead atoms. The molecule has 1 aliphatic rings.